The van der Waals surface area contributed by atoms with Crippen LogP contribution in [-0.4, -0.2) is 36.0 Å². The largest absolute Gasteiger partial charge is 0.356 e. The number of carbonyl (C=O) groups is 1. The summed E-state index contributed by atoms with van der Waals surface area (Å²) in [6.45, 7) is 4.79. The van der Waals surface area contributed by atoms with Crippen LogP contribution in [0.5, 0.6) is 0 Å². The van der Waals surface area contributed by atoms with Gasteiger partial charge >= 0.3 is 0 Å². The van der Waals surface area contributed by atoms with E-state index < -0.39 is 6.04 Å². The molecule has 0 radical (unpaired) electrons. The van der Waals surface area contributed by atoms with Crippen molar-refractivity contribution in [3.63, 3.8) is 0 Å². The van der Waals surface area contributed by atoms with Crippen molar-refractivity contribution in [2.75, 3.05) is 18.5 Å². The molecule has 4 nitrogen and oxygen atoms in total. The molecule has 0 spiro atoms. The van der Waals surface area contributed by atoms with E-state index in [0.29, 0.717) is 6.54 Å². The van der Waals surface area contributed by atoms with Crippen molar-refractivity contribution in [3.8, 4) is 6.07 Å². The average molecular weight is 336 g/mol. The Labute approximate surface area is 128 Å². The standard InChI is InChI=1S/C15H18BrN3O/c1-15(2)10-19(12-6-4-11(16)5-7-12)13(8-9-17)14(20)18(15)3/h4-7,13H,8,10H2,1-3H3. The molecule has 1 aromatic rings. The lowest BCUT2D eigenvalue weighted by atomic mass is 9.94. The van der Waals surface area contributed by atoms with Crippen LogP contribution in [0.3, 0.4) is 0 Å². The molecule has 1 amide bonds. The van der Waals surface area contributed by atoms with Gasteiger partial charge in [0.15, 0.2) is 0 Å². The van der Waals surface area contributed by atoms with E-state index in [4.69, 9.17) is 5.26 Å². The highest BCUT2D eigenvalue weighted by Gasteiger charge is 2.42. The molecule has 0 aromatic heterocycles. The maximum atomic E-state index is 12.5. The van der Waals surface area contributed by atoms with Crippen molar-refractivity contribution in [2.45, 2.75) is 31.8 Å². The Balaban J connectivity index is 2.39. The van der Waals surface area contributed by atoms with Gasteiger partial charge in [-0.05, 0) is 38.1 Å². The lowest BCUT2D eigenvalue weighted by molar-refractivity contribution is -0.138. The normalized spacial score (nSPS) is 21.8. The number of benzene rings is 1. The quantitative estimate of drug-likeness (QED) is 0.834. The molecule has 0 aliphatic carbocycles. The minimum Gasteiger partial charge on any atom is -0.356 e. The van der Waals surface area contributed by atoms with Gasteiger partial charge < -0.3 is 9.80 Å². The fourth-order valence-corrected chi connectivity index (χ4v) is 2.74. The second kappa shape index (κ2) is 5.45. The van der Waals surface area contributed by atoms with Crippen molar-refractivity contribution in [3.05, 3.63) is 28.7 Å². The van der Waals surface area contributed by atoms with Crippen LogP contribution in [0.25, 0.3) is 0 Å². The Morgan fingerprint density at radius 3 is 2.55 bits per heavy atom. The van der Waals surface area contributed by atoms with Gasteiger partial charge in [0.05, 0.1) is 18.0 Å². The van der Waals surface area contributed by atoms with Crippen LogP contribution in [0.1, 0.15) is 20.3 Å². The molecule has 1 saturated heterocycles. The SMILES string of the molecule is CN1C(=O)C(CC#N)N(c2ccc(Br)cc2)CC1(C)C. The van der Waals surface area contributed by atoms with Gasteiger partial charge in [0.2, 0.25) is 5.91 Å². The Bertz CT molecular complexity index is 547. The van der Waals surface area contributed by atoms with E-state index in [0.717, 1.165) is 10.2 Å². The Kier molecular flexibility index (Phi) is 4.05. The van der Waals surface area contributed by atoms with Crippen LogP contribution in [-0.2, 0) is 4.79 Å². The molecule has 0 N–H and O–H groups in total. The highest BCUT2D eigenvalue weighted by molar-refractivity contribution is 9.10. The number of likely N-dealkylation sites (N-methyl/N-ethyl adjacent to an activating group) is 1. The van der Waals surface area contributed by atoms with E-state index in [1.807, 2.05) is 50.1 Å². The first kappa shape index (κ1) is 14.9. The van der Waals surface area contributed by atoms with Gasteiger partial charge in [-0.15, -0.1) is 0 Å². The second-order valence-electron chi connectivity index (χ2n) is 5.69. The average Bonchev–Trinajstić information content (AvgIpc) is 2.41. The van der Waals surface area contributed by atoms with Crippen molar-refractivity contribution in [1.82, 2.24) is 4.90 Å². The molecule has 1 aliphatic heterocycles. The molecule has 1 aromatic carbocycles. The number of nitrogens with zero attached hydrogens (tertiary/aromatic N) is 3. The lowest BCUT2D eigenvalue weighted by Gasteiger charge is -2.49. The first-order valence-electron chi connectivity index (χ1n) is 6.53. The number of rotatable bonds is 2. The molecule has 106 valence electrons. The smallest absolute Gasteiger partial charge is 0.246 e. The van der Waals surface area contributed by atoms with Gasteiger partial charge in [-0.3, -0.25) is 4.79 Å². The van der Waals surface area contributed by atoms with Crippen LogP contribution < -0.4 is 4.90 Å². The summed E-state index contributed by atoms with van der Waals surface area (Å²) in [6, 6.07) is 9.58. The van der Waals surface area contributed by atoms with Gasteiger partial charge in [-0.1, -0.05) is 15.9 Å². The number of nitriles is 1. The van der Waals surface area contributed by atoms with Crippen molar-refractivity contribution in [2.24, 2.45) is 0 Å². The summed E-state index contributed by atoms with van der Waals surface area (Å²) in [7, 11) is 1.81. The topological polar surface area (TPSA) is 47.3 Å². The van der Waals surface area contributed by atoms with Crippen LogP contribution in [0.4, 0.5) is 5.69 Å². The molecule has 5 heteroatoms. The third-order valence-electron chi connectivity index (χ3n) is 3.90. The monoisotopic (exact) mass is 335 g/mol. The van der Waals surface area contributed by atoms with Crippen LogP contribution in [0.2, 0.25) is 0 Å². The highest BCUT2D eigenvalue weighted by Crippen LogP contribution is 2.30. The van der Waals surface area contributed by atoms with Gasteiger partial charge in [0.25, 0.3) is 0 Å². The van der Waals surface area contributed by atoms with E-state index in [1.54, 1.807) is 4.90 Å². The summed E-state index contributed by atoms with van der Waals surface area (Å²) in [5.74, 6) is 0.00530. The number of halogens is 1. The highest BCUT2D eigenvalue weighted by atomic mass is 79.9. The van der Waals surface area contributed by atoms with Crippen LogP contribution >= 0.6 is 15.9 Å². The number of piperazine rings is 1. The minimum atomic E-state index is -0.404. The molecule has 1 heterocycles. The van der Waals surface area contributed by atoms with Crippen molar-refractivity contribution >= 4 is 27.5 Å². The summed E-state index contributed by atoms with van der Waals surface area (Å²) in [4.78, 5) is 16.3. The third kappa shape index (κ3) is 2.66. The number of amides is 1. The van der Waals surface area contributed by atoms with E-state index in [9.17, 15) is 4.79 Å². The molecule has 1 atom stereocenters. The molecular weight excluding hydrogens is 318 g/mol. The Hall–Kier alpha value is -1.54. The zero-order chi connectivity index (χ0) is 14.9. The molecule has 1 unspecified atom stereocenters. The summed E-state index contributed by atoms with van der Waals surface area (Å²) >= 11 is 3.41. The van der Waals surface area contributed by atoms with Crippen molar-refractivity contribution < 1.29 is 4.79 Å². The molecule has 20 heavy (non-hydrogen) atoms. The van der Waals surface area contributed by atoms with Gasteiger partial charge in [0, 0.05) is 23.8 Å². The van der Waals surface area contributed by atoms with E-state index in [2.05, 4.69) is 22.0 Å². The summed E-state index contributed by atoms with van der Waals surface area (Å²) in [5, 5.41) is 9.01. The molecular formula is C15H18BrN3O. The van der Waals surface area contributed by atoms with Crippen LogP contribution in [0.15, 0.2) is 28.7 Å². The third-order valence-corrected chi connectivity index (χ3v) is 4.43. The van der Waals surface area contributed by atoms with Crippen molar-refractivity contribution in [1.29, 1.82) is 5.26 Å². The number of hydrogen-bond acceptors (Lipinski definition) is 3. The predicted molar refractivity (Wildman–Crippen MR) is 82.4 cm³/mol. The molecule has 1 fully saturated rings. The van der Waals surface area contributed by atoms with E-state index in [-0.39, 0.29) is 17.9 Å². The number of carbonyl (C=O) groups excluding carboxylic acids is 1. The van der Waals surface area contributed by atoms with Gasteiger partial charge in [-0.25, -0.2) is 0 Å². The molecule has 2 rings (SSSR count). The molecule has 0 saturated carbocycles. The first-order chi connectivity index (χ1) is 9.36. The van der Waals surface area contributed by atoms with Gasteiger partial charge in [-0.2, -0.15) is 5.26 Å². The van der Waals surface area contributed by atoms with Gasteiger partial charge in [0.1, 0.15) is 6.04 Å². The Morgan fingerprint density at radius 1 is 1.40 bits per heavy atom. The maximum Gasteiger partial charge on any atom is 0.246 e. The zero-order valence-corrected chi connectivity index (χ0v) is 13.5. The van der Waals surface area contributed by atoms with E-state index in [1.165, 1.54) is 0 Å². The van der Waals surface area contributed by atoms with Crippen LogP contribution in [0, 0.1) is 11.3 Å². The fraction of sp³-hybridized carbons (Fsp3) is 0.467. The maximum absolute atomic E-state index is 12.5. The number of anilines is 1. The summed E-state index contributed by atoms with van der Waals surface area (Å²) in [6.07, 6.45) is 0.204. The second-order valence-corrected chi connectivity index (χ2v) is 6.61. The fourth-order valence-electron chi connectivity index (χ4n) is 2.48. The predicted octanol–water partition coefficient (Wildman–Crippen LogP) is 2.79. The molecule has 0 bridgehead atoms. The van der Waals surface area contributed by atoms with E-state index >= 15 is 0 Å². The summed E-state index contributed by atoms with van der Waals surface area (Å²) in [5.41, 5.74) is 0.721. The lowest BCUT2D eigenvalue weighted by Crippen LogP contribution is -2.65. The molecule has 1 aliphatic rings. The Morgan fingerprint density at radius 2 is 2.00 bits per heavy atom. The minimum absolute atomic E-state index is 0.00530. The zero-order valence-electron chi connectivity index (χ0n) is 11.9. The summed E-state index contributed by atoms with van der Waals surface area (Å²) < 4.78 is 0.998. The first-order valence-corrected chi connectivity index (χ1v) is 7.33. The number of hydrogen-bond donors (Lipinski definition) is 0.